The molecule has 2 rings (SSSR count). The molecule has 2 fully saturated rings. The van der Waals surface area contributed by atoms with E-state index in [1.165, 1.54) is 0 Å². The Labute approximate surface area is 141 Å². The van der Waals surface area contributed by atoms with Gasteiger partial charge in [-0.05, 0) is 18.9 Å². The van der Waals surface area contributed by atoms with E-state index in [4.69, 9.17) is 11.5 Å². The highest BCUT2D eigenvalue weighted by Gasteiger charge is 2.29. The fraction of sp³-hybridized carbons (Fsp3) is 0.588. The lowest BCUT2D eigenvalue weighted by Gasteiger charge is -2.32. The van der Waals surface area contributed by atoms with Crippen LogP contribution < -0.4 is 10.6 Å². The zero-order valence-electron chi connectivity index (χ0n) is 13.5. The van der Waals surface area contributed by atoms with Crippen molar-refractivity contribution in [3.05, 3.63) is 12.2 Å². The van der Waals surface area contributed by atoms with Gasteiger partial charge in [0.2, 0.25) is 11.8 Å². The molecule has 130 valence electrons. The van der Waals surface area contributed by atoms with E-state index < -0.39 is 12.0 Å². The molecule has 2 heterocycles. The van der Waals surface area contributed by atoms with Crippen molar-refractivity contribution in [3.63, 3.8) is 0 Å². The van der Waals surface area contributed by atoms with Gasteiger partial charge in [0.05, 0.1) is 12.3 Å². The zero-order valence-corrected chi connectivity index (χ0v) is 13.5. The van der Waals surface area contributed by atoms with E-state index in [0.717, 1.165) is 19.5 Å². The third-order valence-electron chi connectivity index (χ3n) is 4.32. The molecule has 0 radical (unpaired) electrons. The van der Waals surface area contributed by atoms with Crippen LogP contribution in [0.4, 0.5) is 0 Å². The first-order valence-corrected chi connectivity index (χ1v) is 8.15. The third-order valence-corrected chi connectivity index (χ3v) is 4.32. The first-order valence-electron chi connectivity index (χ1n) is 8.15. The Bertz CT molecular complexity index is 563. The van der Waals surface area contributed by atoms with Gasteiger partial charge in [-0.2, -0.15) is 0 Å². The molecule has 7 nitrogen and oxygen atoms in total. The number of carboxylic acids is 1. The molecule has 2 atom stereocenters. The Hall–Kier alpha value is -2.33. The molecule has 2 amide bonds. The second-order valence-corrected chi connectivity index (χ2v) is 6.23. The van der Waals surface area contributed by atoms with Gasteiger partial charge >= 0.3 is 5.97 Å². The summed E-state index contributed by atoms with van der Waals surface area (Å²) in [5, 5.41) is 14.5. The van der Waals surface area contributed by atoms with Crippen molar-refractivity contribution in [1.29, 1.82) is 0 Å². The molecular formula is C17H23N3O4. The first-order chi connectivity index (χ1) is 11.5. The van der Waals surface area contributed by atoms with Gasteiger partial charge in [-0.15, -0.1) is 6.42 Å². The molecule has 1 unspecified atom stereocenters. The lowest BCUT2D eigenvalue weighted by Crippen LogP contribution is -2.47. The fourth-order valence-electron chi connectivity index (χ4n) is 2.78. The SMILES string of the molecule is C#CC(CC(=O)O)NC(=O)[C@@H]1CCCN(C(=O)/C=C/C2CNC2)C1. The molecule has 0 aromatic carbocycles. The van der Waals surface area contributed by atoms with E-state index in [2.05, 4.69) is 16.6 Å². The number of likely N-dealkylation sites (tertiary alicyclic amines) is 1. The number of piperidine rings is 1. The summed E-state index contributed by atoms with van der Waals surface area (Å²) >= 11 is 0. The molecule has 7 heteroatoms. The minimum absolute atomic E-state index is 0.0848. The molecule has 24 heavy (non-hydrogen) atoms. The van der Waals surface area contributed by atoms with E-state index in [0.29, 0.717) is 25.4 Å². The largest absolute Gasteiger partial charge is 0.481 e. The standard InChI is InChI=1S/C17H23N3O4/c1-2-14(8-16(22)23)19-17(24)13-4-3-7-20(11-13)15(21)6-5-12-9-18-10-12/h1,5-6,12-14,18H,3-4,7-11H2,(H,19,24)(H,22,23)/b6-5+/t13-,14?/m1/s1. The monoisotopic (exact) mass is 333 g/mol. The summed E-state index contributed by atoms with van der Waals surface area (Å²) in [7, 11) is 0. The molecule has 0 spiro atoms. The Kier molecular flexibility index (Phi) is 6.38. The number of hydrogen-bond donors (Lipinski definition) is 3. The van der Waals surface area contributed by atoms with Crippen LogP contribution in [0, 0.1) is 24.2 Å². The van der Waals surface area contributed by atoms with Crippen LogP contribution in [0.15, 0.2) is 12.2 Å². The number of carbonyl (C=O) groups excluding carboxylic acids is 2. The maximum Gasteiger partial charge on any atom is 0.306 e. The molecule has 0 aliphatic carbocycles. The molecule has 0 aromatic rings. The molecule has 0 bridgehead atoms. The zero-order chi connectivity index (χ0) is 17.5. The molecule has 2 aliphatic heterocycles. The number of rotatable bonds is 6. The van der Waals surface area contributed by atoms with Crippen LogP contribution in [-0.4, -0.2) is 60.0 Å². The van der Waals surface area contributed by atoms with Gasteiger partial charge in [0, 0.05) is 32.1 Å². The number of terminal acetylenes is 1. The average Bonchev–Trinajstić information content (AvgIpc) is 2.52. The number of nitrogens with zero attached hydrogens (tertiary/aromatic N) is 1. The van der Waals surface area contributed by atoms with Gasteiger partial charge in [-0.3, -0.25) is 14.4 Å². The van der Waals surface area contributed by atoms with Gasteiger partial charge < -0.3 is 20.6 Å². The minimum Gasteiger partial charge on any atom is -0.481 e. The van der Waals surface area contributed by atoms with Gasteiger partial charge in [-0.25, -0.2) is 0 Å². The Balaban J connectivity index is 1.85. The predicted molar refractivity (Wildman–Crippen MR) is 87.8 cm³/mol. The highest BCUT2D eigenvalue weighted by atomic mass is 16.4. The summed E-state index contributed by atoms with van der Waals surface area (Å²) in [6.07, 6.45) is 9.84. The van der Waals surface area contributed by atoms with Crippen molar-refractivity contribution in [3.8, 4) is 12.3 Å². The Morgan fingerprint density at radius 1 is 1.42 bits per heavy atom. The molecule has 2 aliphatic rings. The summed E-state index contributed by atoms with van der Waals surface area (Å²) in [5.74, 6) is 0.891. The lowest BCUT2D eigenvalue weighted by atomic mass is 9.96. The van der Waals surface area contributed by atoms with Gasteiger partial charge in [0.25, 0.3) is 0 Å². The van der Waals surface area contributed by atoms with Crippen LogP contribution in [0.25, 0.3) is 0 Å². The minimum atomic E-state index is -1.06. The van der Waals surface area contributed by atoms with Crippen LogP contribution in [0.2, 0.25) is 0 Å². The summed E-state index contributed by atoms with van der Waals surface area (Å²) in [6, 6.07) is -0.827. The van der Waals surface area contributed by atoms with Gasteiger partial charge in [0.1, 0.15) is 6.04 Å². The van der Waals surface area contributed by atoms with E-state index in [9.17, 15) is 14.4 Å². The van der Waals surface area contributed by atoms with Crippen molar-refractivity contribution < 1.29 is 19.5 Å². The van der Waals surface area contributed by atoms with Gasteiger partial charge in [-0.1, -0.05) is 12.0 Å². The number of aliphatic carboxylic acids is 1. The van der Waals surface area contributed by atoms with Crippen molar-refractivity contribution in [1.82, 2.24) is 15.5 Å². The molecule has 3 N–H and O–H groups in total. The highest BCUT2D eigenvalue weighted by molar-refractivity contribution is 5.88. The van der Waals surface area contributed by atoms with Crippen LogP contribution in [0.5, 0.6) is 0 Å². The Morgan fingerprint density at radius 2 is 2.17 bits per heavy atom. The third kappa shape index (κ3) is 5.10. The quantitative estimate of drug-likeness (QED) is 0.453. The number of nitrogens with one attached hydrogen (secondary N) is 2. The van der Waals surface area contributed by atoms with E-state index >= 15 is 0 Å². The average molecular weight is 333 g/mol. The predicted octanol–water partition coefficient (Wildman–Crippen LogP) is -0.407. The smallest absolute Gasteiger partial charge is 0.306 e. The summed E-state index contributed by atoms with van der Waals surface area (Å²) in [6.45, 7) is 2.75. The van der Waals surface area contributed by atoms with Gasteiger partial charge in [0.15, 0.2) is 0 Å². The summed E-state index contributed by atoms with van der Waals surface area (Å²) < 4.78 is 0. The molecular weight excluding hydrogens is 310 g/mol. The van der Waals surface area contributed by atoms with Crippen LogP contribution in [0.1, 0.15) is 19.3 Å². The topological polar surface area (TPSA) is 98.7 Å². The van der Waals surface area contributed by atoms with Crippen LogP contribution >= 0.6 is 0 Å². The Morgan fingerprint density at radius 3 is 2.75 bits per heavy atom. The van der Waals surface area contributed by atoms with Crippen molar-refractivity contribution in [2.24, 2.45) is 11.8 Å². The number of carbonyl (C=O) groups is 3. The van der Waals surface area contributed by atoms with Crippen LogP contribution in [-0.2, 0) is 14.4 Å². The number of hydrogen-bond acceptors (Lipinski definition) is 4. The first kappa shape index (κ1) is 18.0. The molecule has 0 aromatic heterocycles. The van der Waals surface area contributed by atoms with E-state index in [1.54, 1.807) is 11.0 Å². The second kappa shape index (κ2) is 8.50. The van der Waals surface area contributed by atoms with Crippen molar-refractivity contribution in [2.75, 3.05) is 26.2 Å². The maximum absolute atomic E-state index is 12.3. The summed E-state index contributed by atoms with van der Waals surface area (Å²) in [4.78, 5) is 36.9. The van der Waals surface area contributed by atoms with E-state index in [1.807, 2.05) is 6.08 Å². The van der Waals surface area contributed by atoms with Crippen molar-refractivity contribution in [2.45, 2.75) is 25.3 Å². The normalized spacial score (nSPS) is 22.5. The van der Waals surface area contributed by atoms with E-state index in [-0.39, 0.29) is 24.2 Å². The van der Waals surface area contributed by atoms with Crippen LogP contribution in [0.3, 0.4) is 0 Å². The molecule has 0 saturated carbocycles. The summed E-state index contributed by atoms with van der Waals surface area (Å²) in [5.41, 5.74) is 0. The lowest BCUT2D eigenvalue weighted by molar-refractivity contribution is -0.137. The fourth-order valence-corrected chi connectivity index (χ4v) is 2.78. The maximum atomic E-state index is 12.3. The number of carboxylic acid groups (broad SMARTS) is 1. The number of amides is 2. The van der Waals surface area contributed by atoms with Crippen molar-refractivity contribution >= 4 is 17.8 Å². The second-order valence-electron chi connectivity index (χ2n) is 6.23. The highest BCUT2D eigenvalue weighted by Crippen LogP contribution is 2.18. The molecule has 2 saturated heterocycles.